The molecule has 0 aliphatic carbocycles. The van der Waals surface area contributed by atoms with E-state index in [4.69, 9.17) is 9.26 Å². The van der Waals surface area contributed by atoms with Gasteiger partial charge in [0.1, 0.15) is 0 Å². The molecule has 0 aromatic rings. The fraction of sp³-hybridized carbons (Fsp3) is 1.00. The summed E-state index contributed by atoms with van der Waals surface area (Å²) in [5, 5.41) is 20.5. The lowest BCUT2D eigenvalue weighted by Gasteiger charge is -2.37. The van der Waals surface area contributed by atoms with Crippen LogP contribution >= 0.6 is 8.60 Å². The summed E-state index contributed by atoms with van der Waals surface area (Å²) in [6, 6.07) is 0. The molecule has 0 amide bonds. The lowest BCUT2D eigenvalue weighted by Crippen LogP contribution is -2.47. The van der Waals surface area contributed by atoms with Crippen molar-refractivity contribution in [3.8, 4) is 0 Å². The molecule has 0 aliphatic heterocycles. The van der Waals surface area contributed by atoms with Crippen LogP contribution in [0.4, 0.5) is 0 Å². The summed E-state index contributed by atoms with van der Waals surface area (Å²) in [7, 11) is -2.55. The maximum absolute atomic E-state index is 10.3. The molecular weight excluding hydrogens is 619 g/mol. The van der Waals surface area contributed by atoms with E-state index in [1.807, 2.05) is 0 Å². The monoisotopic (exact) mass is 705 g/mol. The second-order valence-electron chi connectivity index (χ2n) is 15.0. The smallest absolute Gasteiger partial charge is 0.327 e. The maximum Gasteiger partial charge on any atom is 0.327 e. The van der Waals surface area contributed by atoms with Gasteiger partial charge < -0.3 is 29.3 Å². The van der Waals surface area contributed by atoms with Crippen LogP contribution in [0.25, 0.3) is 0 Å². The van der Waals surface area contributed by atoms with Crippen LogP contribution in [0.15, 0.2) is 0 Å². The molecule has 7 heteroatoms. The van der Waals surface area contributed by atoms with Gasteiger partial charge in [-0.25, -0.2) is 0 Å². The van der Waals surface area contributed by atoms with Gasteiger partial charge in [0.05, 0.1) is 31.3 Å². The Balaban J connectivity index is 4.09. The van der Waals surface area contributed by atoms with Gasteiger partial charge in [0.2, 0.25) is 0 Å². The van der Waals surface area contributed by atoms with Gasteiger partial charge >= 0.3 is 8.60 Å². The standard InChI is InChI=1S/C41H85O6P/c1-3-5-7-9-11-13-15-17-19-21-23-25-27-29-31-33-35-40(41(37-42,38-43)39-47-48(44)45)46-36-34-32-30-28-26-24-22-20-18-16-14-12-10-8-6-4-2/h40,42-45H,3-39H2,1-2H3. The lowest BCUT2D eigenvalue weighted by molar-refractivity contribution is -0.114. The molecule has 48 heavy (non-hydrogen) atoms. The molecule has 0 saturated heterocycles. The fourth-order valence-corrected chi connectivity index (χ4v) is 7.32. The quantitative estimate of drug-likeness (QED) is 0.0373. The highest BCUT2D eigenvalue weighted by atomic mass is 31.2. The van der Waals surface area contributed by atoms with Crippen molar-refractivity contribution in [2.75, 3.05) is 26.4 Å². The minimum Gasteiger partial charge on any atom is -0.396 e. The molecule has 0 radical (unpaired) electrons. The van der Waals surface area contributed by atoms with Gasteiger partial charge in [-0.05, 0) is 12.8 Å². The minimum atomic E-state index is -2.55. The van der Waals surface area contributed by atoms with E-state index < -0.39 is 14.0 Å². The largest absolute Gasteiger partial charge is 0.396 e. The summed E-state index contributed by atoms with van der Waals surface area (Å²) in [4.78, 5) is 18.7. The van der Waals surface area contributed by atoms with Crippen LogP contribution < -0.4 is 0 Å². The molecular formula is C41H85O6P. The lowest BCUT2D eigenvalue weighted by atomic mass is 9.81. The Morgan fingerprint density at radius 1 is 0.438 bits per heavy atom. The number of hydrogen-bond acceptors (Lipinski definition) is 6. The SMILES string of the molecule is CCCCCCCCCCCCCCCCCCOC(CCCCCCCCCCCCCCCCCC)C(CO)(CO)COP(O)O. The summed E-state index contributed by atoms with van der Waals surface area (Å²) in [6.07, 6.45) is 42.7. The molecule has 0 spiro atoms. The number of rotatable bonds is 41. The minimum absolute atomic E-state index is 0.124. The summed E-state index contributed by atoms with van der Waals surface area (Å²) < 4.78 is 11.4. The van der Waals surface area contributed by atoms with Gasteiger partial charge in [-0.2, -0.15) is 0 Å². The molecule has 1 atom stereocenters. The predicted octanol–water partition coefficient (Wildman–Crippen LogP) is 12.5. The zero-order valence-electron chi connectivity index (χ0n) is 32.3. The van der Waals surface area contributed by atoms with E-state index in [9.17, 15) is 20.0 Å². The Morgan fingerprint density at radius 3 is 1.02 bits per heavy atom. The average Bonchev–Trinajstić information content (AvgIpc) is 3.09. The van der Waals surface area contributed by atoms with Crippen LogP contribution in [0.2, 0.25) is 0 Å². The predicted molar refractivity (Wildman–Crippen MR) is 207 cm³/mol. The molecule has 4 N–H and O–H groups in total. The van der Waals surface area contributed by atoms with E-state index >= 15 is 0 Å². The molecule has 290 valence electrons. The fourth-order valence-electron chi connectivity index (χ4n) is 6.94. The van der Waals surface area contributed by atoms with Gasteiger partial charge in [-0.1, -0.05) is 213 Å². The van der Waals surface area contributed by atoms with Crippen molar-refractivity contribution in [2.45, 2.75) is 232 Å². The number of unbranched alkanes of at least 4 members (excludes halogenated alkanes) is 30. The van der Waals surface area contributed by atoms with Crippen molar-refractivity contribution in [2.24, 2.45) is 5.41 Å². The van der Waals surface area contributed by atoms with Gasteiger partial charge in [0.25, 0.3) is 0 Å². The number of ether oxygens (including phenoxy) is 1. The normalized spacial score (nSPS) is 12.8. The molecule has 0 saturated carbocycles. The molecule has 0 fully saturated rings. The van der Waals surface area contributed by atoms with Crippen molar-refractivity contribution in [3.05, 3.63) is 0 Å². The molecule has 0 aromatic heterocycles. The molecule has 6 nitrogen and oxygen atoms in total. The van der Waals surface area contributed by atoms with Crippen molar-refractivity contribution in [3.63, 3.8) is 0 Å². The molecule has 0 aromatic carbocycles. The third-order valence-electron chi connectivity index (χ3n) is 10.4. The third-order valence-corrected chi connectivity index (χ3v) is 10.8. The number of aliphatic hydroxyl groups excluding tert-OH is 2. The topological polar surface area (TPSA) is 99.4 Å². The average molecular weight is 705 g/mol. The highest BCUT2D eigenvalue weighted by Crippen LogP contribution is 2.34. The van der Waals surface area contributed by atoms with Crippen LogP contribution in [-0.2, 0) is 9.26 Å². The summed E-state index contributed by atoms with van der Waals surface area (Å²) in [5.41, 5.74) is -1.03. The number of aliphatic hydroxyl groups is 2. The molecule has 0 aliphatic rings. The Labute approximate surface area is 301 Å². The second-order valence-corrected chi connectivity index (χ2v) is 15.7. The van der Waals surface area contributed by atoms with E-state index in [-0.39, 0.29) is 25.9 Å². The van der Waals surface area contributed by atoms with Crippen molar-refractivity contribution < 1.29 is 29.3 Å². The molecule has 0 heterocycles. The highest BCUT2D eigenvalue weighted by molar-refractivity contribution is 7.39. The van der Waals surface area contributed by atoms with Gasteiger partial charge in [0.15, 0.2) is 0 Å². The Morgan fingerprint density at radius 2 is 0.729 bits per heavy atom. The van der Waals surface area contributed by atoms with Crippen molar-refractivity contribution in [1.82, 2.24) is 0 Å². The van der Waals surface area contributed by atoms with Crippen LogP contribution in [-0.4, -0.2) is 52.5 Å². The summed E-state index contributed by atoms with van der Waals surface area (Å²) >= 11 is 0. The number of hydrogen-bond donors (Lipinski definition) is 4. The maximum atomic E-state index is 10.3. The third kappa shape index (κ3) is 31.0. The van der Waals surface area contributed by atoms with Gasteiger partial charge in [-0.3, -0.25) is 0 Å². The molecule has 1 unspecified atom stereocenters. The van der Waals surface area contributed by atoms with Gasteiger partial charge in [0, 0.05) is 6.61 Å². The van der Waals surface area contributed by atoms with Crippen LogP contribution in [0.1, 0.15) is 226 Å². The zero-order valence-corrected chi connectivity index (χ0v) is 33.2. The first kappa shape index (κ1) is 48.2. The summed E-state index contributed by atoms with van der Waals surface area (Å²) in [6.45, 7) is 4.41. The summed E-state index contributed by atoms with van der Waals surface area (Å²) in [5.74, 6) is 0. The first-order valence-electron chi connectivity index (χ1n) is 21.2. The van der Waals surface area contributed by atoms with E-state index in [0.29, 0.717) is 6.61 Å². The van der Waals surface area contributed by atoms with Crippen molar-refractivity contribution in [1.29, 1.82) is 0 Å². The van der Waals surface area contributed by atoms with Crippen LogP contribution in [0.5, 0.6) is 0 Å². The first-order valence-corrected chi connectivity index (χ1v) is 22.4. The molecule has 0 rings (SSSR count). The Hall–Kier alpha value is 0.190. The molecule has 0 bridgehead atoms. The first-order chi connectivity index (χ1) is 23.6. The van der Waals surface area contributed by atoms with E-state index in [0.717, 1.165) is 32.1 Å². The van der Waals surface area contributed by atoms with E-state index in [2.05, 4.69) is 13.8 Å². The highest BCUT2D eigenvalue weighted by Gasteiger charge is 2.39. The van der Waals surface area contributed by atoms with Crippen LogP contribution in [0, 0.1) is 5.41 Å². The second kappa shape index (κ2) is 38.4. The Bertz CT molecular complexity index is 603. The van der Waals surface area contributed by atoms with Crippen molar-refractivity contribution >= 4 is 8.60 Å². The van der Waals surface area contributed by atoms with Gasteiger partial charge in [-0.15, -0.1) is 0 Å². The Kier molecular flexibility index (Phi) is 38.6. The van der Waals surface area contributed by atoms with E-state index in [1.165, 1.54) is 180 Å². The van der Waals surface area contributed by atoms with Crippen LogP contribution in [0.3, 0.4) is 0 Å². The zero-order chi connectivity index (χ0) is 35.2. The van der Waals surface area contributed by atoms with E-state index in [1.54, 1.807) is 0 Å².